The number of rotatable bonds is 2. The Morgan fingerprint density at radius 1 is 1.14 bits per heavy atom. The molecule has 80 valence electrons. The summed E-state index contributed by atoms with van der Waals surface area (Å²) in [5.41, 5.74) is 1.63. The molecule has 0 bridgehead atoms. The van der Waals surface area contributed by atoms with E-state index in [0.717, 1.165) is 6.54 Å². The molecule has 0 aromatic carbocycles. The molecule has 2 heteroatoms. The third-order valence-corrected chi connectivity index (χ3v) is 3.29. The Morgan fingerprint density at radius 3 is 2.71 bits per heavy atom. The minimum atomic E-state index is 1.13. The van der Waals surface area contributed by atoms with Gasteiger partial charge in [-0.25, -0.2) is 0 Å². The predicted octanol–water partition coefficient (Wildman–Crippen LogP) is 1.78. The van der Waals surface area contributed by atoms with E-state index in [9.17, 15) is 0 Å². The van der Waals surface area contributed by atoms with Gasteiger partial charge in [-0.1, -0.05) is 18.1 Å². The van der Waals surface area contributed by atoms with E-state index >= 15 is 0 Å². The number of piperidine rings is 2. The first-order valence-corrected chi connectivity index (χ1v) is 6.06. The van der Waals surface area contributed by atoms with Crippen LogP contribution < -0.4 is 5.32 Å². The topological polar surface area (TPSA) is 15.3 Å². The highest BCUT2D eigenvalue weighted by atomic mass is 15.1. The molecule has 2 saturated heterocycles. The van der Waals surface area contributed by atoms with Crippen LogP contribution in [0.1, 0.15) is 32.1 Å². The second-order valence-electron chi connectivity index (χ2n) is 4.50. The Bertz CT molecular complexity index is 184. The maximum Gasteiger partial charge on any atom is 0.0166 e. The first kappa shape index (κ1) is 10.2. The minimum Gasteiger partial charge on any atom is -0.313 e. The summed E-state index contributed by atoms with van der Waals surface area (Å²) in [6.07, 6.45) is 9.35. The monoisotopic (exact) mass is 194 g/mol. The van der Waals surface area contributed by atoms with Crippen molar-refractivity contribution in [2.24, 2.45) is 0 Å². The van der Waals surface area contributed by atoms with Gasteiger partial charge in [0.2, 0.25) is 0 Å². The number of nitrogens with zero attached hydrogens (tertiary/aromatic N) is 1. The zero-order valence-electron chi connectivity index (χ0n) is 9.10. The highest BCUT2D eigenvalue weighted by molar-refractivity contribution is 5.07. The van der Waals surface area contributed by atoms with Crippen LogP contribution in [-0.4, -0.2) is 37.6 Å². The quantitative estimate of drug-likeness (QED) is 0.674. The van der Waals surface area contributed by atoms with Crippen LogP contribution in [0.25, 0.3) is 0 Å². The summed E-state index contributed by atoms with van der Waals surface area (Å²) in [6, 6.07) is 0. The van der Waals surface area contributed by atoms with E-state index in [1.54, 1.807) is 5.57 Å². The molecule has 0 atom stereocenters. The molecular weight excluding hydrogens is 172 g/mol. The molecular formula is C12H22N2. The number of nitrogens with one attached hydrogen (secondary N) is 1. The SMILES string of the molecule is C(/CN1CCCCC1)=C1/CCCNC1. The molecule has 0 unspecified atom stereocenters. The first-order chi connectivity index (χ1) is 6.95. The van der Waals surface area contributed by atoms with Crippen molar-refractivity contribution in [3.8, 4) is 0 Å². The third-order valence-electron chi connectivity index (χ3n) is 3.29. The van der Waals surface area contributed by atoms with Gasteiger partial charge >= 0.3 is 0 Å². The summed E-state index contributed by atoms with van der Waals surface area (Å²) in [4.78, 5) is 2.59. The van der Waals surface area contributed by atoms with E-state index in [1.165, 1.54) is 58.3 Å². The van der Waals surface area contributed by atoms with Crippen LogP contribution in [0.5, 0.6) is 0 Å². The number of hydrogen-bond donors (Lipinski definition) is 1. The standard InChI is InChI=1S/C12H22N2/c1-2-8-14(9-3-1)10-6-12-5-4-7-13-11-12/h6,13H,1-5,7-11H2/b12-6+. The summed E-state index contributed by atoms with van der Waals surface area (Å²) in [6.45, 7) is 6.17. The normalized spacial score (nSPS) is 28.1. The van der Waals surface area contributed by atoms with Gasteiger partial charge < -0.3 is 5.32 Å². The van der Waals surface area contributed by atoms with Gasteiger partial charge in [-0.2, -0.15) is 0 Å². The smallest absolute Gasteiger partial charge is 0.0166 e. The Morgan fingerprint density at radius 2 is 2.00 bits per heavy atom. The second-order valence-corrected chi connectivity index (χ2v) is 4.50. The average Bonchev–Trinajstić information content (AvgIpc) is 2.29. The van der Waals surface area contributed by atoms with Gasteiger partial charge in [0.15, 0.2) is 0 Å². The fourth-order valence-corrected chi connectivity index (χ4v) is 2.35. The summed E-state index contributed by atoms with van der Waals surface area (Å²) in [5.74, 6) is 0. The zero-order chi connectivity index (χ0) is 9.64. The van der Waals surface area contributed by atoms with E-state index < -0.39 is 0 Å². The van der Waals surface area contributed by atoms with Crippen LogP contribution in [0.2, 0.25) is 0 Å². The lowest BCUT2D eigenvalue weighted by atomic mass is 10.1. The zero-order valence-corrected chi connectivity index (χ0v) is 9.10. The Hall–Kier alpha value is -0.340. The van der Waals surface area contributed by atoms with Gasteiger partial charge in [-0.05, 0) is 45.3 Å². The van der Waals surface area contributed by atoms with Crippen LogP contribution in [0.3, 0.4) is 0 Å². The molecule has 0 aliphatic carbocycles. The van der Waals surface area contributed by atoms with Gasteiger partial charge in [0.05, 0.1) is 0 Å². The van der Waals surface area contributed by atoms with Crippen LogP contribution in [0.15, 0.2) is 11.6 Å². The molecule has 2 heterocycles. The molecule has 0 aromatic heterocycles. The van der Waals surface area contributed by atoms with Crippen molar-refractivity contribution < 1.29 is 0 Å². The van der Waals surface area contributed by atoms with Crippen molar-refractivity contribution in [3.63, 3.8) is 0 Å². The Balaban J connectivity index is 1.73. The van der Waals surface area contributed by atoms with E-state index in [1.807, 2.05) is 0 Å². The van der Waals surface area contributed by atoms with Gasteiger partial charge in [-0.3, -0.25) is 4.90 Å². The molecule has 2 aliphatic heterocycles. The third kappa shape index (κ3) is 3.10. The van der Waals surface area contributed by atoms with Crippen molar-refractivity contribution >= 4 is 0 Å². The lowest BCUT2D eigenvalue weighted by Gasteiger charge is -2.26. The summed E-state index contributed by atoms with van der Waals surface area (Å²) in [7, 11) is 0. The summed E-state index contributed by atoms with van der Waals surface area (Å²) in [5, 5.41) is 3.44. The van der Waals surface area contributed by atoms with Gasteiger partial charge in [0.25, 0.3) is 0 Å². The van der Waals surface area contributed by atoms with Gasteiger partial charge in [-0.15, -0.1) is 0 Å². The van der Waals surface area contributed by atoms with E-state index in [0.29, 0.717) is 0 Å². The molecule has 0 amide bonds. The van der Waals surface area contributed by atoms with Crippen molar-refractivity contribution in [3.05, 3.63) is 11.6 Å². The van der Waals surface area contributed by atoms with Gasteiger partial charge in [0.1, 0.15) is 0 Å². The second kappa shape index (κ2) is 5.52. The van der Waals surface area contributed by atoms with Crippen LogP contribution >= 0.6 is 0 Å². The summed E-state index contributed by atoms with van der Waals surface area (Å²) < 4.78 is 0. The van der Waals surface area contributed by atoms with Crippen molar-refractivity contribution in [2.75, 3.05) is 32.7 Å². The molecule has 2 rings (SSSR count). The molecule has 2 nitrogen and oxygen atoms in total. The maximum atomic E-state index is 3.44. The summed E-state index contributed by atoms with van der Waals surface area (Å²) >= 11 is 0. The fourth-order valence-electron chi connectivity index (χ4n) is 2.35. The van der Waals surface area contributed by atoms with Crippen molar-refractivity contribution in [2.45, 2.75) is 32.1 Å². The lowest BCUT2D eigenvalue weighted by Crippen LogP contribution is -2.31. The van der Waals surface area contributed by atoms with E-state index in [4.69, 9.17) is 0 Å². The largest absolute Gasteiger partial charge is 0.313 e. The molecule has 1 N–H and O–H groups in total. The first-order valence-electron chi connectivity index (χ1n) is 6.06. The van der Waals surface area contributed by atoms with E-state index in [2.05, 4.69) is 16.3 Å². The Kier molecular flexibility index (Phi) is 4.02. The lowest BCUT2D eigenvalue weighted by molar-refractivity contribution is 0.251. The molecule has 2 aliphatic rings. The molecule has 0 spiro atoms. The van der Waals surface area contributed by atoms with Crippen LogP contribution in [0.4, 0.5) is 0 Å². The van der Waals surface area contributed by atoms with Crippen LogP contribution in [-0.2, 0) is 0 Å². The molecule has 0 aromatic rings. The maximum absolute atomic E-state index is 3.44. The van der Waals surface area contributed by atoms with E-state index in [-0.39, 0.29) is 0 Å². The van der Waals surface area contributed by atoms with Crippen LogP contribution in [0, 0.1) is 0 Å². The van der Waals surface area contributed by atoms with Crippen molar-refractivity contribution in [1.29, 1.82) is 0 Å². The molecule has 14 heavy (non-hydrogen) atoms. The average molecular weight is 194 g/mol. The number of likely N-dealkylation sites (tertiary alicyclic amines) is 1. The highest BCUT2D eigenvalue weighted by Crippen LogP contribution is 2.11. The molecule has 0 radical (unpaired) electrons. The van der Waals surface area contributed by atoms with Gasteiger partial charge in [0, 0.05) is 13.1 Å². The predicted molar refractivity (Wildman–Crippen MR) is 60.5 cm³/mol. The molecule has 2 fully saturated rings. The minimum absolute atomic E-state index is 1.13. The number of hydrogen-bond acceptors (Lipinski definition) is 2. The highest BCUT2D eigenvalue weighted by Gasteiger charge is 2.09. The molecule has 0 saturated carbocycles. The Labute approximate surface area is 87.4 Å². The fraction of sp³-hybridized carbons (Fsp3) is 0.833. The van der Waals surface area contributed by atoms with Crippen molar-refractivity contribution in [1.82, 2.24) is 10.2 Å².